The Bertz CT molecular complexity index is 1390. The Morgan fingerprint density at radius 3 is 2.69 bits per heavy atom. The topological polar surface area (TPSA) is 113 Å². The molecule has 0 unspecified atom stereocenters. The second-order valence-corrected chi connectivity index (χ2v) is 10.1. The van der Waals surface area contributed by atoms with Crippen LogP contribution in [0, 0.1) is 13.8 Å². The molecule has 1 aromatic carbocycles. The van der Waals surface area contributed by atoms with Gasteiger partial charge in [-0.3, -0.25) is 10.7 Å². The predicted octanol–water partition coefficient (Wildman–Crippen LogP) is 4.06. The molecule has 1 aliphatic rings. The van der Waals surface area contributed by atoms with Gasteiger partial charge in [-0.1, -0.05) is 19.9 Å². The Hall–Kier alpha value is -3.36. The number of nitrogens with zero attached hydrogens (tertiary/aromatic N) is 4. The van der Waals surface area contributed by atoms with Crippen LogP contribution in [0.15, 0.2) is 42.6 Å². The minimum Gasteiger partial charge on any atom is -0.403 e. The Morgan fingerprint density at radius 2 is 2.00 bits per heavy atom. The Kier molecular flexibility index (Phi) is 6.25. The summed E-state index contributed by atoms with van der Waals surface area (Å²) in [5.74, 6) is 6.50. The van der Waals surface area contributed by atoms with E-state index in [9.17, 15) is 0 Å². The molecule has 5 rings (SSSR count). The zero-order valence-electron chi connectivity index (χ0n) is 21.1. The number of rotatable bonds is 6. The van der Waals surface area contributed by atoms with Crippen LogP contribution >= 0.6 is 0 Å². The monoisotopic (exact) mass is 472 g/mol. The van der Waals surface area contributed by atoms with Crippen molar-refractivity contribution in [3.63, 3.8) is 0 Å². The zero-order chi connectivity index (χ0) is 24.7. The first-order chi connectivity index (χ1) is 16.9. The molecule has 8 nitrogen and oxygen atoms in total. The van der Waals surface area contributed by atoms with Gasteiger partial charge in [0.1, 0.15) is 6.33 Å². The van der Waals surface area contributed by atoms with Crippen LogP contribution in [0.2, 0.25) is 0 Å². The fourth-order valence-corrected chi connectivity index (χ4v) is 5.56. The second-order valence-electron chi connectivity index (χ2n) is 10.1. The molecule has 184 valence electrons. The highest BCUT2D eigenvalue weighted by Gasteiger charge is 2.24. The summed E-state index contributed by atoms with van der Waals surface area (Å²) >= 11 is 0. The SMILES string of the molecule is Cc1c(-c2[nH]c3ccc(C4CCN(C/C(=C/N)NN)CC4)cc3c2C(C)C)cn2ncnc2c1C. The molecular weight excluding hydrogens is 436 g/mol. The molecule has 6 N–H and O–H groups in total. The van der Waals surface area contributed by atoms with Gasteiger partial charge in [0.15, 0.2) is 5.65 Å². The zero-order valence-corrected chi connectivity index (χ0v) is 21.1. The number of fused-ring (bicyclic) bond motifs is 2. The number of aromatic nitrogens is 4. The summed E-state index contributed by atoms with van der Waals surface area (Å²) in [5, 5.41) is 5.74. The van der Waals surface area contributed by atoms with Crippen LogP contribution in [0.1, 0.15) is 60.8 Å². The normalized spacial score (nSPS) is 16.1. The maximum absolute atomic E-state index is 5.65. The molecule has 1 fully saturated rings. The molecule has 3 aromatic heterocycles. The maximum Gasteiger partial charge on any atom is 0.158 e. The van der Waals surface area contributed by atoms with Gasteiger partial charge in [-0.15, -0.1) is 0 Å². The van der Waals surface area contributed by atoms with Gasteiger partial charge in [0.05, 0.1) is 11.4 Å². The average molecular weight is 473 g/mol. The number of hydrogen-bond donors (Lipinski definition) is 4. The average Bonchev–Trinajstić information content (AvgIpc) is 3.49. The van der Waals surface area contributed by atoms with Crippen molar-refractivity contribution in [1.29, 1.82) is 0 Å². The van der Waals surface area contributed by atoms with Crippen molar-refractivity contribution in [3.8, 4) is 11.3 Å². The summed E-state index contributed by atoms with van der Waals surface area (Å²) in [6, 6.07) is 6.99. The van der Waals surface area contributed by atoms with E-state index in [-0.39, 0.29) is 0 Å². The number of nitrogens with one attached hydrogen (secondary N) is 2. The number of pyridine rings is 1. The second kappa shape index (κ2) is 9.36. The molecule has 1 saturated heterocycles. The largest absolute Gasteiger partial charge is 0.403 e. The first-order valence-electron chi connectivity index (χ1n) is 12.5. The van der Waals surface area contributed by atoms with Crippen molar-refractivity contribution < 1.29 is 0 Å². The number of nitrogens with two attached hydrogens (primary N) is 2. The molecule has 0 radical (unpaired) electrons. The molecule has 4 aromatic rings. The van der Waals surface area contributed by atoms with E-state index in [1.165, 1.54) is 44.4 Å². The molecule has 8 heteroatoms. The molecule has 0 aliphatic carbocycles. The quantitative estimate of drug-likeness (QED) is 0.249. The number of benzene rings is 1. The van der Waals surface area contributed by atoms with Crippen molar-refractivity contribution in [2.24, 2.45) is 11.6 Å². The first-order valence-corrected chi connectivity index (χ1v) is 12.5. The van der Waals surface area contributed by atoms with Crippen molar-refractivity contribution in [1.82, 2.24) is 29.9 Å². The smallest absolute Gasteiger partial charge is 0.158 e. The molecule has 0 atom stereocenters. The summed E-state index contributed by atoms with van der Waals surface area (Å²) in [6.07, 6.45) is 7.54. The van der Waals surface area contributed by atoms with E-state index < -0.39 is 0 Å². The number of aromatic amines is 1. The van der Waals surface area contributed by atoms with E-state index in [4.69, 9.17) is 11.6 Å². The van der Waals surface area contributed by atoms with Gasteiger partial charge in [0.25, 0.3) is 0 Å². The van der Waals surface area contributed by atoms with Gasteiger partial charge >= 0.3 is 0 Å². The van der Waals surface area contributed by atoms with Gasteiger partial charge in [-0.25, -0.2) is 9.50 Å². The van der Waals surface area contributed by atoms with Gasteiger partial charge in [0, 0.05) is 35.4 Å². The molecule has 0 bridgehead atoms. The van der Waals surface area contributed by atoms with E-state index >= 15 is 0 Å². The van der Waals surface area contributed by atoms with E-state index in [2.05, 4.69) is 77.5 Å². The van der Waals surface area contributed by atoms with Gasteiger partial charge in [0.2, 0.25) is 0 Å². The van der Waals surface area contributed by atoms with Gasteiger partial charge in [-0.2, -0.15) is 5.10 Å². The molecule has 0 saturated carbocycles. The summed E-state index contributed by atoms with van der Waals surface area (Å²) < 4.78 is 1.89. The summed E-state index contributed by atoms with van der Waals surface area (Å²) in [6.45, 7) is 11.7. The fourth-order valence-electron chi connectivity index (χ4n) is 5.56. The lowest BCUT2D eigenvalue weighted by Gasteiger charge is -2.32. The lowest BCUT2D eigenvalue weighted by atomic mass is 9.87. The number of piperidine rings is 1. The van der Waals surface area contributed by atoms with Crippen molar-refractivity contribution in [2.75, 3.05) is 19.6 Å². The third kappa shape index (κ3) is 4.17. The Morgan fingerprint density at radius 1 is 1.23 bits per heavy atom. The number of aryl methyl sites for hydroxylation is 1. The molecule has 35 heavy (non-hydrogen) atoms. The third-order valence-corrected chi connectivity index (χ3v) is 7.68. The van der Waals surface area contributed by atoms with Crippen LogP contribution in [0.3, 0.4) is 0 Å². The summed E-state index contributed by atoms with van der Waals surface area (Å²) in [7, 11) is 0. The minimum atomic E-state index is 0.382. The first kappa shape index (κ1) is 23.4. The van der Waals surface area contributed by atoms with Gasteiger partial charge in [-0.05, 0) is 86.0 Å². The lowest BCUT2D eigenvalue weighted by molar-refractivity contribution is 0.225. The Labute approximate surface area is 206 Å². The summed E-state index contributed by atoms with van der Waals surface area (Å²) in [4.78, 5) is 10.6. The molecular formula is C27H36N8. The predicted molar refractivity (Wildman–Crippen MR) is 142 cm³/mol. The molecule has 1 aliphatic heterocycles. The van der Waals surface area contributed by atoms with E-state index in [0.717, 1.165) is 43.8 Å². The molecule has 0 amide bonds. The highest BCUT2D eigenvalue weighted by Crippen LogP contribution is 2.39. The van der Waals surface area contributed by atoms with Crippen LogP contribution in [0.5, 0.6) is 0 Å². The molecule has 4 heterocycles. The lowest BCUT2D eigenvalue weighted by Crippen LogP contribution is -2.38. The molecule has 0 spiro atoms. The van der Waals surface area contributed by atoms with Crippen LogP contribution in [0.25, 0.3) is 27.8 Å². The van der Waals surface area contributed by atoms with Crippen LogP contribution in [0.4, 0.5) is 0 Å². The standard InChI is InChI=1S/C27H36N8/c1-16(2)25-22-11-20(19-7-9-34(10-8-19)13-21(12-28)33-29)5-6-24(22)32-26(25)23-14-35-27(30-15-31-35)18(4)17(23)3/h5-6,11-12,14-16,19,32-33H,7-10,13,28-29H2,1-4H3/b21-12-. The summed E-state index contributed by atoms with van der Waals surface area (Å²) in [5.41, 5.74) is 18.9. The van der Waals surface area contributed by atoms with E-state index in [1.807, 2.05) is 4.52 Å². The van der Waals surface area contributed by atoms with Crippen molar-refractivity contribution in [3.05, 3.63) is 64.9 Å². The minimum absolute atomic E-state index is 0.382. The van der Waals surface area contributed by atoms with Crippen molar-refractivity contribution >= 4 is 16.6 Å². The van der Waals surface area contributed by atoms with E-state index in [0.29, 0.717) is 11.8 Å². The van der Waals surface area contributed by atoms with Crippen LogP contribution < -0.4 is 17.0 Å². The fraction of sp³-hybridized carbons (Fsp3) is 0.407. The highest BCUT2D eigenvalue weighted by molar-refractivity contribution is 5.92. The highest BCUT2D eigenvalue weighted by atomic mass is 15.3. The third-order valence-electron chi connectivity index (χ3n) is 7.68. The number of H-pyrrole nitrogens is 1. The maximum atomic E-state index is 5.65. The van der Waals surface area contributed by atoms with Crippen molar-refractivity contribution in [2.45, 2.75) is 52.4 Å². The number of hydrazine groups is 1. The van der Waals surface area contributed by atoms with Gasteiger partial charge < -0.3 is 16.1 Å². The number of likely N-dealkylation sites (tertiary alicyclic amines) is 1. The van der Waals surface area contributed by atoms with Crippen LogP contribution in [-0.2, 0) is 0 Å². The van der Waals surface area contributed by atoms with E-state index in [1.54, 1.807) is 12.5 Å². The Balaban J connectivity index is 1.49. The van der Waals surface area contributed by atoms with Crippen LogP contribution in [-0.4, -0.2) is 44.1 Å². The number of hydrogen-bond acceptors (Lipinski definition) is 6.